The number of rotatable bonds is 7. The Morgan fingerprint density at radius 1 is 1.21 bits per heavy atom. The van der Waals surface area contributed by atoms with E-state index in [2.05, 4.69) is 25.0 Å². The Kier molecular flexibility index (Phi) is 4.99. The minimum absolute atomic E-state index is 0.0324. The van der Waals surface area contributed by atoms with Crippen molar-refractivity contribution < 1.29 is 9.47 Å². The van der Waals surface area contributed by atoms with Crippen molar-refractivity contribution in [3.63, 3.8) is 0 Å². The van der Waals surface area contributed by atoms with Gasteiger partial charge in [-0.3, -0.25) is 0 Å². The van der Waals surface area contributed by atoms with Gasteiger partial charge < -0.3 is 9.47 Å². The van der Waals surface area contributed by atoms with Gasteiger partial charge in [0.25, 0.3) is 5.95 Å². The van der Waals surface area contributed by atoms with Crippen molar-refractivity contribution in [1.82, 2.24) is 29.7 Å². The molecule has 2 aromatic rings. The largest absolute Gasteiger partial charge is 0.461 e. The quantitative estimate of drug-likeness (QED) is 0.698. The van der Waals surface area contributed by atoms with Crippen LogP contribution < -0.4 is 4.74 Å². The molecule has 8 nitrogen and oxygen atoms in total. The summed E-state index contributed by atoms with van der Waals surface area (Å²) >= 11 is 5.79. The van der Waals surface area contributed by atoms with Crippen LogP contribution in [0.4, 0.5) is 0 Å². The van der Waals surface area contributed by atoms with E-state index in [0.717, 1.165) is 6.42 Å². The van der Waals surface area contributed by atoms with Crippen LogP contribution in [0.2, 0.25) is 5.28 Å². The molecule has 0 atom stereocenters. The number of nitrogens with zero attached hydrogens (tertiary/aromatic N) is 6. The highest BCUT2D eigenvalue weighted by Gasteiger charge is 2.08. The minimum atomic E-state index is 0.0324. The highest BCUT2D eigenvalue weighted by molar-refractivity contribution is 6.28. The smallest absolute Gasteiger partial charge is 0.322 e. The van der Waals surface area contributed by atoms with Crippen molar-refractivity contribution >= 4 is 11.6 Å². The summed E-state index contributed by atoms with van der Waals surface area (Å²) in [4.78, 5) is 15.7. The van der Waals surface area contributed by atoms with E-state index < -0.39 is 0 Å². The summed E-state index contributed by atoms with van der Waals surface area (Å²) in [5.74, 6) is 0.252. The predicted octanol–water partition coefficient (Wildman–Crippen LogP) is 0.911. The average Bonchev–Trinajstić information content (AvgIpc) is 2.92. The van der Waals surface area contributed by atoms with E-state index >= 15 is 0 Å². The standard InChI is InChI=1S/C10H13ClN6O2/c1-2-3-18-4-5-19-10-15-8(11)14-9(16-10)17-7-12-6-13-17/h6-7H,2-5H2,1H3. The van der Waals surface area contributed by atoms with Gasteiger partial charge in [0.1, 0.15) is 19.3 Å². The van der Waals surface area contributed by atoms with Crippen LogP contribution in [-0.4, -0.2) is 49.5 Å². The van der Waals surface area contributed by atoms with Crippen LogP contribution >= 0.6 is 11.6 Å². The molecule has 2 aromatic heterocycles. The van der Waals surface area contributed by atoms with E-state index in [1.54, 1.807) is 0 Å². The van der Waals surface area contributed by atoms with Gasteiger partial charge in [-0.1, -0.05) is 6.92 Å². The lowest BCUT2D eigenvalue weighted by Gasteiger charge is -2.06. The summed E-state index contributed by atoms with van der Waals surface area (Å²) in [7, 11) is 0. The first kappa shape index (κ1) is 13.6. The highest BCUT2D eigenvalue weighted by atomic mass is 35.5. The number of halogens is 1. The summed E-state index contributed by atoms with van der Waals surface area (Å²) in [6, 6.07) is 0.130. The summed E-state index contributed by atoms with van der Waals surface area (Å²) in [5, 5.41) is 3.94. The molecular weight excluding hydrogens is 272 g/mol. The SMILES string of the molecule is CCCOCCOc1nc(Cl)nc(-n2cncn2)n1. The van der Waals surface area contributed by atoms with Gasteiger partial charge in [0, 0.05) is 6.61 Å². The second kappa shape index (κ2) is 6.95. The minimum Gasteiger partial charge on any atom is -0.461 e. The molecule has 19 heavy (non-hydrogen) atoms. The third-order valence-corrected chi connectivity index (χ3v) is 2.18. The molecule has 0 aliphatic carbocycles. The first-order valence-electron chi connectivity index (χ1n) is 5.76. The zero-order chi connectivity index (χ0) is 13.5. The first-order valence-corrected chi connectivity index (χ1v) is 6.14. The maximum atomic E-state index is 5.79. The second-order valence-electron chi connectivity index (χ2n) is 3.49. The average molecular weight is 285 g/mol. The molecule has 0 amide bonds. The van der Waals surface area contributed by atoms with Crippen LogP contribution in [-0.2, 0) is 4.74 Å². The Hall–Kier alpha value is -1.80. The predicted molar refractivity (Wildman–Crippen MR) is 66.4 cm³/mol. The van der Waals surface area contributed by atoms with Crippen LogP contribution in [0.15, 0.2) is 12.7 Å². The highest BCUT2D eigenvalue weighted by Crippen LogP contribution is 2.10. The maximum absolute atomic E-state index is 5.79. The molecule has 0 aliphatic heterocycles. The van der Waals surface area contributed by atoms with Gasteiger partial charge in [-0.25, -0.2) is 4.98 Å². The van der Waals surface area contributed by atoms with Crippen molar-refractivity contribution in [1.29, 1.82) is 0 Å². The number of aromatic nitrogens is 6. The van der Waals surface area contributed by atoms with Crippen LogP contribution in [0.5, 0.6) is 6.01 Å². The van der Waals surface area contributed by atoms with E-state index in [1.165, 1.54) is 17.3 Å². The molecule has 0 radical (unpaired) electrons. The van der Waals surface area contributed by atoms with Crippen LogP contribution in [0.25, 0.3) is 5.95 Å². The third-order valence-electron chi connectivity index (χ3n) is 2.01. The van der Waals surface area contributed by atoms with E-state index in [4.69, 9.17) is 21.1 Å². The molecule has 0 saturated heterocycles. The van der Waals surface area contributed by atoms with Gasteiger partial charge in [-0.05, 0) is 18.0 Å². The normalized spacial score (nSPS) is 10.6. The van der Waals surface area contributed by atoms with Crippen LogP contribution in [0, 0.1) is 0 Å². The van der Waals surface area contributed by atoms with Crippen LogP contribution in [0.1, 0.15) is 13.3 Å². The van der Waals surface area contributed by atoms with Gasteiger partial charge in [0.15, 0.2) is 0 Å². The van der Waals surface area contributed by atoms with Crippen molar-refractivity contribution in [3.8, 4) is 12.0 Å². The topological polar surface area (TPSA) is 87.8 Å². The van der Waals surface area contributed by atoms with E-state index in [9.17, 15) is 0 Å². The van der Waals surface area contributed by atoms with E-state index in [-0.39, 0.29) is 17.2 Å². The fourth-order valence-electron chi connectivity index (χ4n) is 1.24. The molecule has 0 spiro atoms. The molecule has 0 aromatic carbocycles. The molecule has 0 bridgehead atoms. The van der Waals surface area contributed by atoms with Crippen molar-refractivity contribution in [2.75, 3.05) is 19.8 Å². The van der Waals surface area contributed by atoms with E-state index in [0.29, 0.717) is 19.8 Å². The Morgan fingerprint density at radius 2 is 2.11 bits per heavy atom. The molecule has 0 saturated carbocycles. The van der Waals surface area contributed by atoms with Gasteiger partial charge in [0.2, 0.25) is 5.28 Å². The van der Waals surface area contributed by atoms with Gasteiger partial charge in [-0.2, -0.15) is 24.7 Å². The monoisotopic (exact) mass is 284 g/mol. The zero-order valence-corrected chi connectivity index (χ0v) is 11.1. The lowest BCUT2D eigenvalue weighted by molar-refractivity contribution is 0.0971. The molecule has 2 rings (SSSR count). The molecule has 9 heteroatoms. The van der Waals surface area contributed by atoms with Gasteiger partial charge >= 0.3 is 6.01 Å². The first-order chi connectivity index (χ1) is 9.29. The summed E-state index contributed by atoms with van der Waals surface area (Å²) in [6.45, 7) is 3.55. The Bertz CT molecular complexity index is 507. The second-order valence-corrected chi connectivity index (χ2v) is 3.83. The summed E-state index contributed by atoms with van der Waals surface area (Å²) < 4.78 is 12.0. The number of hydrogen-bond acceptors (Lipinski definition) is 7. The molecule has 0 fully saturated rings. The fourth-order valence-corrected chi connectivity index (χ4v) is 1.39. The third kappa shape index (κ3) is 4.11. The van der Waals surface area contributed by atoms with Crippen molar-refractivity contribution in [2.45, 2.75) is 13.3 Å². The lowest BCUT2D eigenvalue weighted by atomic mass is 10.5. The molecule has 0 N–H and O–H groups in total. The van der Waals surface area contributed by atoms with Gasteiger partial charge in [-0.15, -0.1) is 0 Å². The Balaban J connectivity index is 1.97. The Labute approximate surface area is 114 Å². The molecule has 102 valence electrons. The summed E-state index contributed by atoms with van der Waals surface area (Å²) in [5.41, 5.74) is 0. The lowest BCUT2D eigenvalue weighted by Crippen LogP contribution is -2.11. The van der Waals surface area contributed by atoms with Crippen LogP contribution in [0.3, 0.4) is 0 Å². The molecule has 2 heterocycles. The van der Waals surface area contributed by atoms with Crippen molar-refractivity contribution in [2.24, 2.45) is 0 Å². The number of ether oxygens (including phenoxy) is 2. The molecule has 0 unspecified atom stereocenters. The van der Waals surface area contributed by atoms with E-state index in [1.807, 2.05) is 6.92 Å². The summed E-state index contributed by atoms with van der Waals surface area (Å²) in [6.07, 6.45) is 3.80. The Morgan fingerprint density at radius 3 is 2.84 bits per heavy atom. The molecular formula is C10H13ClN6O2. The molecule has 0 aliphatic rings. The fraction of sp³-hybridized carbons (Fsp3) is 0.500. The number of hydrogen-bond donors (Lipinski definition) is 0. The van der Waals surface area contributed by atoms with Crippen molar-refractivity contribution in [3.05, 3.63) is 17.9 Å². The zero-order valence-electron chi connectivity index (χ0n) is 10.4. The van der Waals surface area contributed by atoms with Gasteiger partial charge in [0.05, 0.1) is 6.61 Å². The maximum Gasteiger partial charge on any atom is 0.322 e.